The fourth-order valence-corrected chi connectivity index (χ4v) is 3.39. The zero-order chi connectivity index (χ0) is 19.2. The molecule has 140 valence electrons. The van der Waals surface area contributed by atoms with Crippen molar-refractivity contribution in [3.8, 4) is 0 Å². The number of esters is 1. The second kappa shape index (κ2) is 8.92. The Morgan fingerprint density at radius 2 is 1.96 bits per heavy atom. The Hall–Kier alpha value is -2.51. The van der Waals surface area contributed by atoms with Gasteiger partial charge in [-0.15, -0.1) is 11.8 Å². The molecule has 0 bridgehead atoms. The third-order valence-electron chi connectivity index (χ3n) is 3.83. The molecule has 1 aliphatic heterocycles. The SMILES string of the molecule is O=C(COC(=O)c1ccc2c(c1)NC(=O)CS2)NCCc1ccc(Cl)cc1. The molecule has 3 rings (SSSR count). The van der Waals surface area contributed by atoms with E-state index >= 15 is 0 Å². The van der Waals surface area contributed by atoms with Gasteiger partial charge < -0.3 is 15.4 Å². The van der Waals surface area contributed by atoms with Gasteiger partial charge in [-0.25, -0.2) is 4.79 Å². The summed E-state index contributed by atoms with van der Waals surface area (Å²) >= 11 is 7.23. The lowest BCUT2D eigenvalue weighted by Crippen LogP contribution is -2.30. The van der Waals surface area contributed by atoms with Gasteiger partial charge in [-0.3, -0.25) is 9.59 Å². The first kappa shape index (κ1) is 19.3. The molecule has 0 unspecified atom stereocenters. The Morgan fingerprint density at radius 3 is 2.74 bits per heavy atom. The molecule has 2 N–H and O–H groups in total. The van der Waals surface area contributed by atoms with Gasteiger partial charge >= 0.3 is 5.97 Å². The molecule has 0 saturated heterocycles. The molecule has 0 saturated carbocycles. The summed E-state index contributed by atoms with van der Waals surface area (Å²) in [5, 5.41) is 6.07. The van der Waals surface area contributed by atoms with Crippen molar-refractivity contribution in [3.05, 3.63) is 58.6 Å². The highest BCUT2D eigenvalue weighted by Crippen LogP contribution is 2.32. The molecule has 6 nitrogen and oxygen atoms in total. The number of carbonyl (C=O) groups is 3. The topological polar surface area (TPSA) is 84.5 Å². The number of ether oxygens (including phenoxy) is 1. The Kier molecular flexibility index (Phi) is 6.36. The molecule has 8 heteroatoms. The summed E-state index contributed by atoms with van der Waals surface area (Å²) in [6.45, 7) is 0.0672. The van der Waals surface area contributed by atoms with E-state index in [0.717, 1.165) is 10.5 Å². The first-order valence-electron chi connectivity index (χ1n) is 8.26. The molecule has 0 aromatic heterocycles. The first-order valence-corrected chi connectivity index (χ1v) is 9.62. The van der Waals surface area contributed by atoms with E-state index in [1.165, 1.54) is 11.8 Å². The van der Waals surface area contributed by atoms with Crippen molar-refractivity contribution in [2.45, 2.75) is 11.3 Å². The second-order valence-corrected chi connectivity index (χ2v) is 7.30. The van der Waals surface area contributed by atoms with E-state index in [-0.39, 0.29) is 24.0 Å². The highest BCUT2D eigenvalue weighted by molar-refractivity contribution is 8.00. The van der Waals surface area contributed by atoms with Crippen LogP contribution in [0.3, 0.4) is 0 Å². The maximum absolute atomic E-state index is 12.1. The lowest BCUT2D eigenvalue weighted by atomic mass is 10.1. The zero-order valence-corrected chi connectivity index (χ0v) is 15.9. The molecule has 2 amide bonds. The van der Waals surface area contributed by atoms with Crippen LogP contribution in [0.4, 0.5) is 5.69 Å². The number of fused-ring (bicyclic) bond motifs is 1. The van der Waals surface area contributed by atoms with Gasteiger partial charge in [0.05, 0.1) is 17.0 Å². The normalized spacial score (nSPS) is 12.7. The summed E-state index contributed by atoms with van der Waals surface area (Å²) < 4.78 is 5.04. The number of amides is 2. The highest BCUT2D eigenvalue weighted by atomic mass is 35.5. The van der Waals surface area contributed by atoms with Gasteiger partial charge in [0.25, 0.3) is 5.91 Å². The lowest BCUT2D eigenvalue weighted by Gasteiger charge is -2.16. The van der Waals surface area contributed by atoms with Crippen LogP contribution in [0, 0.1) is 0 Å². The van der Waals surface area contributed by atoms with E-state index in [1.54, 1.807) is 30.3 Å². The largest absolute Gasteiger partial charge is 0.452 e. The van der Waals surface area contributed by atoms with Crippen LogP contribution >= 0.6 is 23.4 Å². The molecule has 0 radical (unpaired) electrons. The summed E-state index contributed by atoms with van der Waals surface area (Å²) in [6, 6.07) is 12.3. The van der Waals surface area contributed by atoms with Gasteiger partial charge in [0.15, 0.2) is 6.61 Å². The monoisotopic (exact) mass is 404 g/mol. The van der Waals surface area contributed by atoms with Gasteiger partial charge in [-0.1, -0.05) is 23.7 Å². The molecule has 2 aromatic rings. The number of anilines is 1. The van der Waals surface area contributed by atoms with Crippen molar-refractivity contribution in [2.24, 2.45) is 0 Å². The maximum atomic E-state index is 12.1. The van der Waals surface area contributed by atoms with Gasteiger partial charge in [0, 0.05) is 16.5 Å². The van der Waals surface area contributed by atoms with Gasteiger partial charge in [0.1, 0.15) is 0 Å². The van der Waals surface area contributed by atoms with Gasteiger partial charge in [-0.2, -0.15) is 0 Å². The van der Waals surface area contributed by atoms with E-state index in [1.807, 2.05) is 12.1 Å². The third-order valence-corrected chi connectivity index (χ3v) is 5.16. The predicted molar refractivity (Wildman–Crippen MR) is 104 cm³/mol. The van der Waals surface area contributed by atoms with Crippen LogP contribution in [-0.2, 0) is 20.7 Å². The molecule has 0 aliphatic carbocycles. The van der Waals surface area contributed by atoms with Crippen LogP contribution in [0.5, 0.6) is 0 Å². The minimum absolute atomic E-state index is 0.113. The summed E-state index contributed by atoms with van der Waals surface area (Å²) in [5.74, 6) is -0.750. The Bertz CT molecular complexity index is 871. The van der Waals surface area contributed by atoms with Crippen LogP contribution in [0.1, 0.15) is 15.9 Å². The first-order chi connectivity index (χ1) is 13.0. The Labute approximate surface area is 165 Å². The number of carbonyl (C=O) groups excluding carboxylic acids is 3. The van der Waals surface area contributed by atoms with Crippen LogP contribution in [0.2, 0.25) is 5.02 Å². The van der Waals surface area contributed by atoms with Gasteiger partial charge in [-0.05, 0) is 42.3 Å². The molecule has 27 heavy (non-hydrogen) atoms. The standard InChI is InChI=1S/C19H17ClN2O4S/c20-14-4-1-12(2-5-14)7-8-21-17(23)10-26-19(25)13-3-6-16-15(9-13)22-18(24)11-27-16/h1-6,9H,7-8,10-11H2,(H,21,23)(H,22,24). The van der Waals surface area contributed by atoms with E-state index in [2.05, 4.69) is 10.6 Å². The molecule has 2 aromatic carbocycles. The van der Waals surface area contributed by atoms with Crippen molar-refractivity contribution in [1.82, 2.24) is 5.32 Å². The minimum atomic E-state index is -0.615. The van der Waals surface area contributed by atoms with Gasteiger partial charge in [0.2, 0.25) is 5.91 Å². The number of nitrogens with one attached hydrogen (secondary N) is 2. The van der Waals surface area contributed by atoms with Crippen molar-refractivity contribution in [1.29, 1.82) is 0 Å². The molecule has 1 aliphatic rings. The van der Waals surface area contributed by atoms with Crippen molar-refractivity contribution in [3.63, 3.8) is 0 Å². The smallest absolute Gasteiger partial charge is 0.338 e. The van der Waals surface area contributed by atoms with Crippen LogP contribution in [0.15, 0.2) is 47.4 Å². The van der Waals surface area contributed by atoms with Crippen LogP contribution < -0.4 is 10.6 Å². The summed E-state index contributed by atoms with van der Waals surface area (Å²) in [7, 11) is 0. The number of hydrogen-bond donors (Lipinski definition) is 2. The number of rotatable bonds is 6. The summed E-state index contributed by atoms with van der Waals surface area (Å²) in [5.41, 5.74) is 1.91. The minimum Gasteiger partial charge on any atom is -0.452 e. The quantitative estimate of drug-likeness (QED) is 0.723. The fraction of sp³-hybridized carbons (Fsp3) is 0.211. The third kappa shape index (κ3) is 5.48. The van der Waals surface area contributed by atoms with E-state index in [4.69, 9.17) is 16.3 Å². The number of benzene rings is 2. The Balaban J connectivity index is 1.44. The van der Waals surface area contributed by atoms with Crippen LogP contribution in [0.25, 0.3) is 0 Å². The summed E-state index contributed by atoms with van der Waals surface area (Å²) in [4.78, 5) is 36.3. The van der Waals surface area contributed by atoms with Crippen LogP contribution in [-0.4, -0.2) is 36.7 Å². The maximum Gasteiger partial charge on any atom is 0.338 e. The average Bonchev–Trinajstić information content (AvgIpc) is 2.67. The highest BCUT2D eigenvalue weighted by Gasteiger charge is 2.18. The van der Waals surface area contributed by atoms with Crippen molar-refractivity contribution in [2.75, 3.05) is 24.2 Å². The van der Waals surface area contributed by atoms with Crippen molar-refractivity contribution < 1.29 is 19.1 Å². The molecule has 1 heterocycles. The number of hydrogen-bond acceptors (Lipinski definition) is 5. The zero-order valence-electron chi connectivity index (χ0n) is 14.3. The number of halogens is 1. The van der Waals surface area contributed by atoms with Crippen molar-refractivity contribution >= 4 is 46.8 Å². The molecule has 0 atom stereocenters. The molecule has 0 spiro atoms. The lowest BCUT2D eigenvalue weighted by molar-refractivity contribution is -0.124. The van der Waals surface area contributed by atoms with E-state index in [0.29, 0.717) is 29.4 Å². The fourth-order valence-electron chi connectivity index (χ4n) is 2.47. The predicted octanol–water partition coefficient (Wildman–Crippen LogP) is 2.90. The second-order valence-electron chi connectivity index (χ2n) is 5.85. The Morgan fingerprint density at radius 1 is 1.19 bits per heavy atom. The molecular formula is C19H17ClN2O4S. The summed E-state index contributed by atoms with van der Waals surface area (Å²) in [6.07, 6.45) is 0.652. The number of thioether (sulfide) groups is 1. The molecular weight excluding hydrogens is 388 g/mol. The molecule has 0 fully saturated rings. The van der Waals surface area contributed by atoms with E-state index in [9.17, 15) is 14.4 Å². The average molecular weight is 405 g/mol. The van der Waals surface area contributed by atoms with E-state index < -0.39 is 5.97 Å².